The fourth-order valence-corrected chi connectivity index (χ4v) is 8.01. The third kappa shape index (κ3) is 4.26. The van der Waals surface area contributed by atoms with Crippen molar-refractivity contribution in [1.29, 1.82) is 0 Å². The Hall–Kier alpha value is -4.43. The van der Waals surface area contributed by atoms with Gasteiger partial charge in [-0.15, -0.1) is 0 Å². The van der Waals surface area contributed by atoms with E-state index >= 15 is 0 Å². The second-order valence-corrected chi connectivity index (χ2v) is 15.9. The van der Waals surface area contributed by atoms with Gasteiger partial charge in [-0.3, -0.25) is 0 Å². The Balaban J connectivity index is 1.37. The molecule has 0 saturated heterocycles. The average molecular weight is 602 g/mol. The molecule has 2 nitrogen and oxygen atoms in total. The predicted molar refractivity (Wildman–Crippen MR) is 193 cm³/mol. The van der Waals surface area contributed by atoms with Crippen molar-refractivity contribution < 1.29 is 4.57 Å². The number of aromatic nitrogens is 1. The van der Waals surface area contributed by atoms with E-state index in [4.69, 9.17) is 0 Å². The Morgan fingerprint density at radius 1 is 0.783 bits per heavy atom. The lowest BCUT2D eigenvalue weighted by atomic mass is 9.79. The maximum atomic E-state index is 4.05. The Bertz CT molecular complexity index is 2160. The van der Waals surface area contributed by atoms with Gasteiger partial charge in [0.15, 0.2) is 6.20 Å². The summed E-state index contributed by atoms with van der Waals surface area (Å²) in [6, 6.07) is 32.3. The first-order valence-electron chi connectivity index (χ1n) is 17.0. The molecule has 4 aromatic carbocycles. The molecule has 0 spiro atoms. The van der Waals surface area contributed by atoms with Crippen LogP contribution < -0.4 is 9.88 Å². The molecule has 2 heteroatoms. The zero-order valence-corrected chi connectivity index (χ0v) is 28.6. The van der Waals surface area contributed by atoms with Crippen molar-refractivity contribution in [3.63, 3.8) is 0 Å². The number of pyridine rings is 1. The number of benzene rings is 4. The Morgan fingerprint density at radius 2 is 1.57 bits per heavy atom. The van der Waals surface area contributed by atoms with Crippen molar-refractivity contribution in [2.24, 2.45) is 5.41 Å². The van der Waals surface area contributed by atoms with Crippen molar-refractivity contribution in [2.75, 3.05) is 0 Å². The summed E-state index contributed by atoms with van der Waals surface area (Å²) in [5.41, 5.74) is 17.4. The van der Waals surface area contributed by atoms with Crippen LogP contribution in [0.25, 0.3) is 44.6 Å². The van der Waals surface area contributed by atoms with Gasteiger partial charge in [-0.05, 0) is 85.7 Å². The molecule has 0 radical (unpaired) electrons. The molecule has 0 unspecified atom stereocenters. The van der Waals surface area contributed by atoms with Gasteiger partial charge in [0.1, 0.15) is 0 Å². The summed E-state index contributed by atoms with van der Waals surface area (Å²) in [7, 11) is 0. The van der Waals surface area contributed by atoms with Gasteiger partial charge in [0.25, 0.3) is 0 Å². The highest BCUT2D eigenvalue weighted by atomic mass is 15.0. The molecule has 2 aliphatic heterocycles. The van der Waals surface area contributed by atoms with Crippen LogP contribution in [-0.2, 0) is 17.3 Å². The maximum Gasteiger partial charge on any atom is 0.239 e. The van der Waals surface area contributed by atoms with Gasteiger partial charge in [-0.1, -0.05) is 110 Å². The first-order chi connectivity index (χ1) is 21.9. The molecular weight excluding hydrogens is 556 g/mol. The van der Waals surface area contributed by atoms with E-state index in [-0.39, 0.29) is 16.2 Å². The zero-order chi connectivity index (χ0) is 32.2. The number of nitrogens with zero attached hydrogens (tertiary/aromatic N) is 1. The van der Waals surface area contributed by atoms with Crippen LogP contribution in [0.5, 0.6) is 0 Å². The highest BCUT2D eigenvalue weighted by molar-refractivity contribution is 5.99. The molecule has 0 atom stereocenters. The predicted octanol–water partition coefficient (Wildman–Crippen LogP) is 10.6. The lowest BCUT2D eigenvalue weighted by Crippen LogP contribution is -2.35. The fraction of sp³-hybridized carbons (Fsp3) is 0.295. The topological polar surface area (TPSA) is 15.9 Å². The molecule has 1 N–H and O–H groups in total. The van der Waals surface area contributed by atoms with Crippen LogP contribution in [0.4, 0.5) is 0 Å². The van der Waals surface area contributed by atoms with Gasteiger partial charge in [-0.25, -0.2) is 0 Å². The van der Waals surface area contributed by atoms with Crippen LogP contribution in [0.2, 0.25) is 0 Å². The third-order valence-corrected chi connectivity index (χ3v) is 11.0. The molecule has 230 valence electrons. The highest BCUT2D eigenvalue weighted by Crippen LogP contribution is 2.54. The van der Waals surface area contributed by atoms with Crippen molar-refractivity contribution in [1.82, 2.24) is 5.32 Å². The van der Waals surface area contributed by atoms with Crippen LogP contribution >= 0.6 is 0 Å². The SMILES string of the molecule is CCC(C)(C)/C=C1\N/C(=C2\c3cc4c(cc3-c3cccc[n+]32)C(C)(C)c2c-4ccc3ccccc23)Cc2ccc(C(C)(C)C)cc21. The number of rotatable bonds is 2. The normalized spacial score (nSPS) is 18.6. The molecular formula is C44H45N2+. The lowest BCUT2D eigenvalue weighted by Gasteiger charge is -2.29. The van der Waals surface area contributed by atoms with Crippen LogP contribution in [-0.4, -0.2) is 0 Å². The number of hydrogen-bond donors (Lipinski definition) is 1. The summed E-state index contributed by atoms with van der Waals surface area (Å²) < 4.78 is 2.42. The maximum absolute atomic E-state index is 4.05. The summed E-state index contributed by atoms with van der Waals surface area (Å²) >= 11 is 0. The molecule has 1 aromatic heterocycles. The molecule has 0 fully saturated rings. The Morgan fingerprint density at radius 3 is 2.35 bits per heavy atom. The van der Waals surface area contributed by atoms with E-state index < -0.39 is 0 Å². The summed E-state index contributed by atoms with van der Waals surface area (Å²) in [6.07, 6.45) is 6.66. The quantitative estimate of drug-likeness (QED) is 0.195. The average Bonchev–Trinajstić information content (AvgIpc) is 3.47. The lowest BCUT2D eigenvalue weighted by molar-refractivity contribution is -0.564. The van der Waals surface area contributed by atoms with Gasteiger partial charge in [0, 0.05) is 35.2 Å². The van der Waals surface area contributed by atoms with Gasteiger partial charge >= 0.3 is 0 Å². The number of allylic oxidation sites excluding steroid dienone is 2. The second kappa shape index (κ2) is 9.79. The molecule has 3 heterocycles. The molecule has 3 aliphatic rings. The van der Waals surface area contributed by atoms with E-state index in [0.717, 1.165) is 12.8 Å². The van der Waals surface area contributed by atoms with E-state index in [1.165, 1.54) is 83.6 Å². The molecule has 0 amide bonds. The highest BCUT2D eigenvalue weighted by Gasteiger charge is 2.43. The monoisotopic (exact) mass is 601 g/mol. The van der Waals surface area contributed by atoms with E-state index in [1.807, 2.05) is 0 Å². The number of hydrogen-bond acceptors (Lipinski definition) is 1. The standard InChI is InChI=1S/C44H44N2/c1-9-43(5,6)26-38-32-23-29(42(2,3)4)19-17-28(32)22-37(45-38)41-35-24-33-31-20-18-27-14-10-11-15-30(27)40(31)44(7,8)36(33)25-34(35)39-16-12-13-21-46(39)41/h10-21,23-26H,9,22H2,1-8H3/p+1/b38-26-. The van der Waals surface area contributed by atoms with E-state index in [1.54, 1.807) is 0 Å². The largest absolute Gasteiger partial charge is 0.353 e. The summed E-state index contributed by atoms with van der Waals surface area (Å²) in [6.45, 7) is 18.7. The Kier molecular flexibility index (Phi) is 6.17. The molecule has 46 heavy (non-hydrogen) atoms. The minimum atomic E-state index is -0.0928. The second-order valence-electron chi connectivity index (χ2n) is 15.9. The summed E-state index contributed by atoms with van der Waals surface area (Å²) in [5, 5.41) is 6.73. The minimum absolute atomic E-state index is 0.0714. The van der Waals surface area contributed by atoms with Gasteiger partial charge in [-0.2, -0.15) is 4.57 Å². The van der Waals surface area contributed by atoms with Crippen molar-refractivity contribution in [3.8, 4) is 22.4 Å². The first kappa shape index (κ1) is 29.0. The zero-order valence-electron chi connectivity index (χ0n) is 28.6. The van der Waals surface area contributed by atoms with Crippen molar-refractivity contribution in [2.45, 2.75) is 79.1 Å². The van der Waals surface area contributed by atoms with Gasteiger partial charge < -0.3 is 5.32 Å². The molecule has 0 saturated carbocycles. The smallest absolute Gasteiger partial charge is 0.239 e. The van der Waals surface area contributed by atoms with Crippen molar-refractivity contribution >= 4 is 22.2 Å². The van der Waals surface area contributed by atoms with E-state index in [2.05, 4.69) is 162 Å². The molecule has 5 aromatic rings. The van der Waals surface area contributed by atoms with Gasteiger partial charge in [0.2, 0.25) is 11.4 Å². The van der Waals surface area contributed by atoms with Crippen LogP contribution in [0.1, 0.15) is 95.2 Å². The third-order valence-electron chi connectivity index (χ3n) is 11.0. The molecule has 1 aliphatic carbocycles. The van der Waals surface area contributed by atoms with Crippen LogP contribution in [0, 0.1) is 5.41 Å². The Labute approximate surface area is 274 Å². The van der Waals surface area contributed by atoms with Crippen LogP contribution in [0.3, 0.4) is 0 Å². The molecule has 8 rings (SSSR count). The summed E-state index contributed by atoms with van der Waals surface area (Å²) in [5.74, 6) is 0. The minimum Gasteiger partial charge on any atom is -0.353 e. The fourth-order valence-electron chi connectivity index (χ4n) is 8.01. The van der Waals surface area contributed by atoms with E-state index in [9.17, 15) is 0 Å². The van der Waals surface area contributed by atoms with Crippen molar-refractivity contribution in [3.05, 3.63) is 136 Å². The molecule has 0 bridgehead atoms. The number of nitrogens with one attached hydrogen (secondary N) is 1. The summed E-state index contributed by atoms with van der Waals surface area (Å²) in [4.78, 5) is 0. The first-order valence-corrected chi connectivity index (χ1v) is 17.0. The van der Waals surface area contributed by atoms with E-state index in [0.29, 0.717) is 0 Å². The van der Waals surface area contributed by atoms with Gasteiger partial charge in [0.05, 0.1) is 16.8 Å². The van der Waals surface area contributed by atoms with Crippen LogP contribution in [0.15, 0.2) is 103 Å². The number of fused-ring (bicyclic) bond motifs is 9.